The van der Waals surface area contributed by atoms with Gasteiger partial charge in [0.2, 0.25) is 0 Å². The molecule has 1 atom stereocenters. The molecule has 2 rings (SSSR count). The zero-order chi connectivity index (χ0) is 13.5. The molecular formula is C15H17BrN2O. The van der Waals surface area contributed by atoms with Crippen LogP contribution in [0.15, 0.2) is 53.1 Å². The van der Waals surface area contributed by atoms with E-state index < -0.39 is 0 Å². The molecule has 0 radical (unpaired) electrons. The lowest BCUT2D eigenvalue weighted by Gasteiger charge is -2.19. The number of rotatable bonds is 6. The summed E-state index contributed by atoms with van der Waals surface area (Å²) in [4.78, 5) is 4.29. The maximum atomic E-state index is 9.22. The average molecular weight is 321 g/mol. The minimum atomic E-state index is 0.114. The number of benzene rings is 1. The van der Waals surface area contributed by atoms with E-state index in [-0.39, 0.29) is 12.6 Å². The lowest BCUT2D eigenvalue weighted by Crippen LogP contribution is -2.22. The molecule has 0 spiro atoms. The van der Waals surface area contributed by atoms with E-state index in [0.29, 0.717) is 13.0 Å². The molecular weight excluding hydrogens is 304 g/mol. The number of nitrogens with zero attached hydrogens (tertiary/aromatic N) is 1. The second-order valence-electron chi connectivity index (χ2n) is 4.29. The lowest BCUT2D eigenvalue weighted by atomic mass is 10.0. The maximum absolute atomic E-state index is 9.22. The second-order valence-corrected chi connectivity index (χ2v) is 5.14. The number of hydrogen-bond donors (Lipinski definition) is 2. The number of aromatic nitrogens is 1. The van der Waals surface area contributed by atoms with Crippen molar-refractivity contribution in [3.8, 4) is 0 Å². The van der Waals surface area contributed by atoms with E-state index in [1.54, 1.807) is 6.20 Å². The van der Waals surface area contributed by atoms with Crippen LogP contribution in [-0.4, -0.2) is 16.7 Å². The summed E-state index contributed by atoms with van der Waals surface area (Å²) >= 11 is 3.56. The van der Waals surface area contributed by atoms with Gasteiger partial charge in [0, 0.05) is 29.9 Å². The smallest absolute Gasteiger partial charge is 0.0541 e. The molecule has 0 saturated carbocycles. The largest absolute Gasteiger partial charge is 0.396 e. The van der Waals surface area contributed by atoms with Gasteiger partial charge in [-0.1, -0.05) is 40.2 Å². The third kappa shape index (κ3) is 4.13. The summed E-state index contributed by atoms with van der Waals surface area (Å²) in [5, 5.41) is 12.7. The molecule has 0 aliphatic heterocycles. The molecule has 2 N–H and O–H groups in total. The Bertz CT molecular complexity index is 505. The van der Waals surface area contributed by atoms with Crippen molar-refractivity contribution in [1.82, 2.24) is 10.3 Å². The van der Waals surface area contributed by atoms with Crippen molar-refractivity contribution in [3.63, 3.8) is 0 Å². The molecule has 4 heteroatoms. The summed E-state index contributed by atoms with van der Waals surface area (Å²) in [5.74, 6) is 0. The Labute approximate surface area is 121 Å². The van der Waals surface area contributed by atoms with Gasteiger partial charge in [-0.2, -0.15) is 0 Å². The topological polar surface area (TPSA) is 45.1 Å². The van der Waals surface area contributed by atoms with Gasteiger partial charge in [0.15, 0.2) is 0 Å². The Morgan fingerprint density at radius 3 is 2.63 bits per heavy atom. The zero-order valence-electron chi connectivity index (χ0n) is 10.6. The van der Waals surface area contributed by atoms with E-state index in [2.05, 4.69) is 32.3 Å². The van der Waals surface area contributed by atoms with Crippen molar-refractivity contribution in [2.24, 2.45) is 0 Å². The lowest BCUT2D eigenvalue weighted by molar-refractivity contribution is 0.264. The highest BCUT2D eigenvalue weighted by Gasteiger charge is 2.13. The first-order valence-electron chi connectivity index (χ1n) is 6.30. The van der Waals surface area contributed by atoms with Gasteiger partial charge < -0.3 is 10.4 Å². The molecule has 2 aromatic rings. The molecule has 1 aromatic carbocycles. The van der Waals surface area contributed by atoms with E-state index in [9.17, 15) is 5.11 Å². The summed E-state index contributed by atoms with van der Waals surface area (Å²) in [7, 11) is 0. The van der Waals surface area contributed by atoms with Crippen LogP contribution in [0.25, 0.3) is 0 Å². The molecule has 100 valence electrons. The summed E-state index contributed by atoms with van der Waals surface area (Å²) in [5.41, 5.74) is 2.16. The monoisotopic (exact) mass is 320 g/mol. The number of hydrogen-bond acceptors (Lipinski definition) is 3. The summed E-state index contributed by atoms with van der Waals surface area (Å²) in [6.45, 7) is 0.841. The van der Waals surface area contributed by atoms with E-state index in [1.807, 2.05) is 36.4 Å². The first-order chi connectivity index (χ1) is 9.31. The van der Waals surface area contributed by atoms with Crippen LogP contribution in [0.5, 0.6) is 0 Å². The Kier molecular flexibility index (Phi) is 5.51. The summed E-state index contributed by atoms with van der Waals surface area (Å²) in [6.07, 6.45) is 2.46. The summed E-state index contributed by atoms with van der Waals surface area (Å²) < 4.78 is 1.06. The normalized spacial score (nSPS) is 12.3. The highest BCUT2D eigenvalue weighted by molar-refractivity contribution is 9.10. The van der Waals surface area contributed by atoms with Gasteiger partial charge in [0.25, 0.3) is 0 Å². The fraction of sp³-hybridized carbons (Fsp3) is 0.267. The van der Waals surface area contributed by atoms with Crippen LogP contribution in [-0.2, 0) is 6.54 Å². The van der Waals surface area contributed by atoms with E-state index in [1.165, 1.54) is 0 Å². The van der Waals surface area contributed by atoms with E-state index in [4.69, 9.17) is 0 Å². The fourth-order valence-electron chi connectivity index (χ4n) is 1.98. The van der Waals surface area contributed by atoms with Gasteiger partial charge in [0.1, 0.15) is 0 Å². The van der Waals surface area contributed by atoms with Gasteiger partial charge in [-0.25, -0.2) is 0 Å². The molecule has 0 saturated heterocycles. The quantitative estimate of drug-likeness (QED) is 0.859. The summed E-state index contributed by atoms with van der Waals surface area (Å²) in [6, 6.07) is 14.1. The van der Waals surface area contributed by atoms with Gasteiger partial charge in [-0.15, -0.1) is 0 Å². The maximum Gasteiger partial charge on any atom is 0.0541 e. The van der Waals surface area contributed by atoms with Crippen molar-refractivity contribution in [2.75, 3.05) is 6.61 Å². The van der Waals surface area contributed by atoms with Crippen LogP contribution < -0.4 is 5.32 Å². The number of aliphatic hydroxyl groups excluding tert-OH is 1. The molecule has 19 heavy (non-hydrogen) atoms. The minimum Gasteiger partial charge on any atom is -0.396 e. The predicted octanol–water partition coefficient (Wildman–Crippen LogP) is 3.06. The van der Waals surface area contributed by atoms with Crippen LogP contribution in [0.4, 0.5) is 0 Å². The van der Waals surface area contributed by atoms with Crippen LogP contribution >= 0.6 is 15.9 Å². The van der Waals surface area contributed by atoms with E-state index >= 15 is 0 Å². The highest BCUT2D eigenvalue weighted by atomic mass is 79.9. The Morgan fingerprint density at radius 1 is 1.16 bits per heavy atom. The van der Waals surface area contributed by atoms with Crippen molar-refractivity contribution < 1.29 is 5.11 Å². The minimum absolute atomic E-state index is 0.114. The number of aliphatic hydroxyl groups is 1. The first kappa shape index (κ1) is 14.2. The van der Waals surface area contributed by atoms with Crippen LogP contribution in [0.2, 0.25) is 0 Å². The zero-order valence-corrected chi connectivity index (χ0v) is 12.2. The van der Waals surface area contributed by atoms with Crippen molar-refractivity contribution in [2.45, 2.75) is 19.0 Å². The average Bonchev–Trinajstić information content (AvgIpc) is 2.45. The van der Waals surface area contributed by atoms with Crippen LogP contribution in [0.3, 0.4) is 0 Å². The third-order valence-electron chi connectivity index (χ3n) is 2.95. The molecule has 3 nitrogen and oxygen atoms in total. The van der Waals surface area contributed by atoms with Gasteiger partial charge in [-0.3, -0.25) is 4.98 Å². The Balaban J connectivity index is 2.07. The standard InChI is InChI=1S/C15H17BrN2O/c16-14-7-2-1-6-13(14)15(8-10-19)18-11-12-5-3-4-9-17-12/h1-7,9,15,18-19H,8,10-11H2. The van der Waals surface area contributed by atoms with Gasteiger partial charge in [-0.05, 0) is 30.2 Å². The van der Waals surface area contributed by atoms with Gasteiger partial charge >= 0.3 is 0 Å². The molecule has 0 aliphatic carbocycles. The molecule has 1 unspecified atom stereocenters. The molecule has 0 bridgehead atoms. The van der Waals surface area contributed by atoms with Crippen molar-refractivity contribution >= 4 is 15.9 Å². The number of nitrogens with one attached hydrogen (secondary N) is 1. The molecule has 0 fully saturated rings. The number of pyridine rings is 1. The third-order valence-corrected chi connectivity index (χ3v) is 3.68. The van der Waals surface area contributed by atoms with Crippen LogP contribution in [0, 0.1) is 0 Å². The Morgan fingerprint density at radius 2 is 1.95 bits per heavy atom. The molecule has 1 heterocycles. The predicted molar refractivity (Wildman–Crippen MR) is 79.7 cm³/mol. The molecule has 0 amide bonds. The molecule has 1 aromatic heterocycles. The number of halogens is 1. The van der Waals surface area contributed by atoms with Crippen molar-refractivity contribution in [1.29, 1.82) is 0 Å². The van der Waals surface area contributed by atoms with Crippen LogP contribution in [0.1, 0.15) is 23.7 Å². The molecule has 0 aliphatic rings. The van der Waals surface area contributed by atoms with Gasteiger partial charge in [0.05, 0.1) is 5.69 Å². The van der Waals surface area contributed by atoms with Crippen molar-refractivity contribution in [3.05, 3.63) is 64.4 Å². The SMILES string of the molecule is OCCC(NCc1ccccn1)c1ccccc1Br. The second kappa shape index (κ2) is 7.38. The first-order valence-corrected chi connectivity index (χ1v) is 7.09. The fourth-order valence-corrected chi connectivity index (χ4v) is 2.55. The highest BCUT2D eigenvalue weighted by Crippen LogP contribution is 2.25. The van der Waals surface area contributed by atoms with E-state index in [0.717, 1.165) is 15.7 Å². The Hall–Kier alpha value is -1.23.